The Kier molecular flexibility index (Phi) is 6.07. The fourth-order valence-electron chi connectivity index (χ4n) is 4.37. The van der Waals surface area contributed by atoms with Crippen LogP contribution in [0, 0.1) is 13.8 Å². The van der Waals surface area contributed by atoms with E-state index in [4.69, 9.17) is 20.8 Å². The Labute approximate surface area is 208 Å². The molecule has 1 aliphatic heterocycles. The van der Waals surface area contributed by atoms with Crippen molar-refractivity contribution >= 4 is 34.3 Å². The van der Waals surface area contributed by atoms with Crippen LogP contribution in [0.3, 0.4) is 0 Å². The molecule has 0 saturated heterocycles. The van der Waals surface area contributed by atoms with E-state index >= 15 is 0 Å². The van der Waals surface area contributed by atoms with E-state index in [1.54, 1.807) is 18.2 Å². The summed E-state index contributed by atoms with van der Waals surface area (Å²) >= 11 is 6.04. The number of carbonyl (C=O) groups excluding carboxylic acids is 1. The molecule has 0 spiro atoms. The van der Waals surface area contributed by atoms with Gasteiger partial charge in [0, 0.05) is 6.20 Å². The SMILES string of the molecule is CCCCOc1ccc(C2c3c(oc4cc(C)c(C)cc4c3=O)C(=O)N2c2ccc(Cl)cn2)cc1. The minimum Gasteiger partial charge on any atom is -0.494 e. The van der Waals surface area contributed by atoms with Gasteiger partial charge in [-0.15, -0.1) is 0 Å². The Hall–Kier alpha value is -3.64. The first-order chi connectivity index (χ1) is 16.9. The summed E-state index contributed by atoms with van der Waals surface area (Å²) in [7, 11) is 0. The molecular formula is C28H25ClN2O4. The predicted octanol–water partition coefficient (Wildman–Crippen LogP) is 6.39. The normalized spacial score (nSPS) is 15.0. The van der Waals surface area contributed by atoms with Gasteiger partial charge in [0.05, 0.1) is 28.6 Å². The van der Waals surface area contributed by atoms with Crippen molar-refractivity contribution in [1.82, 2.24) is 4.98 Å². The van der Waals surface area contributed by atoms with Crippen molar-refractivity contribution in [2.75, 3.05) is 11.5 Å². The lowest BCUT2D eigenvalue weighted by atomic mass is 9.97. The maximum atomic E-state index is 13.8. The third kappa shape index (κ3) is 4.08. The third-order valence-corrected chi connectivity index (χ3v) is 6.63. The predicted molar refractivity (Wildman–Crippen MR) is 137 cm³/mol. The number of anilines is 1. The fraction of sp³-hybridized carbons (Fsp3) is 0.250. The molecular weight excluding hydrogens is 464 g/mol. The molecule has 1 unspecified atom stereocenters. The number of halogens is 1. The molecule has 4 aromatic rings. The molecule has 1 atom stereocenters. The Morgan fingerprint density at radius 2 is 1.80 bits per heavy atom. The smallest absolute Gasteiger partial charge is 0.296 e. The molecule has 0 radical (unpaired) electrons. The number of carbonyl (C=O) groups is 1. The fourth-order valence-corrected chi connectivity index (χ4v) is 4.48. The van der Waals surface area contributed by atoms with Crippen LogP contribution in [0.2, 0.25) is 5.02 Å². The molecule has 2 aromatic heterocycles. The average Bonchev–Trinajstić information content (AvgIpc) is 3.14. The zero-order valence-corrected chi connectivity index (χ0v) is 20.6. The maximum Gasteiger partial charge on any atom is 0.296 e. The van der Waals surface area contributed by atoms with Crippen LogP contribution in [-0.4, -0.2) is 17.5 Å². The van der Waals surface area contributed by atoms with Crippen molar-refractivity contribution in [3.8, 4) is 5.75 Å². The zero-order chi connectivity index (χ0) is 24.7. The number of pyridine rings is 1. The molecule has 0 N–H and O–H groups in total. The lowest BCUT2D eigenvalue weighted by Crippen LogP contribution is -2.30. The highest BCUT2D eigenvalue weighted by Gasteiger charge is 2.44. The van der Waals surface area contributed by atoms with Gasteiger partial charge in [0.25, 0.3) is 5.91 Å². The maximum absolute atomic E-state index is 13.8. The number of unbranched alkanes of at least 4 members (excludes halogenated alkanes) is 1. The van der Waals surface area contributed by atoms with Crippen molar-refractivity contribution in [2.45, 2.75) is 39.7 Å². The molecule has 178 valence electrons. The standard InChI is InChI=1S/C28H25ClN2O4/c1-4-5-12-34-20-9-6-18(7-10-20)25-24-26(32)21-13-16(2)17(3)14-22(21)35-27(24)28(33)31(25)23-11-8-19(29)15-30-23/h6-11,13-15,25H,4-5,12H2,1-3H3. The van der Waals surface area contributed by atoms with Crippen molar-refractivity contribution in [2.24, 2.45) is 0 Å². The lowest BCUT2D eigenvalue weighted by molar-refractivity contribution is 0.0970. The summed E-state index contributed by atoms with van der Waals surface area (Å²) in [5.41, 5.74) is 3.21. The molecule has 6 nitrogen and oxygen atoms in total. The van der Waals surface area contributed by atoms with E-state index in [9.17, 15) is 9.59 Å². The molecule has 7 heteroatoms. The molecule has 0 bridgehead atoms. The number of hydrogen-bond acceptors (Lipinski definition) is 5. The summed E-state index contributed by atoms with van der Waals surface area (Å²) in [5, 5.41) is 0.906. The molecule has 5 rings (SSSR count). The average molecular weight is 489 g/mol. The number of rotatable bonds is 6. The molecule has 35 heavy (non-hydrogen) atoms. The molecule has 2 aromatic carbocycles. The quantitative estimate of drug-likeness (QED) is 0.294. The second-order valence-corrected chi connectivity index (χ2v) is 9.23. The number of aryl methyl sites for hydroxylation is 2. The lowest BCUT2D eigenvalue weighted by Gasteiger charge is -2.24. The summed E-state index contributed by atoms with van der Waals surface area (Å²) in [5.74, 6) is 0.741. The van der Waals surface area contributed by atoms with Gasteiger partial charge in [-0.2, -0.15) is 0 Å². The van der Waals surface area contributed by atoms with E-state index in [0.717, 1.165) is 35.3 Å². The number of fused-ring (bicyclic) bond motifs is 2. The zero-order valence-electron chi connectivity index (χ0n) is 19.8. The van der Waals surface area contributed by atoms with Gasteiger partial charge < -0.3 is 9.15 Å². The Morgan fingerprint density at radius 1 is 1.06 bits per heavy atom. The summed E-state index contributed by atoms with van der Waals surface area (Å²) in [6.07, 6.45) is 3.49. The number of aromatic nitrogens is 1. The second-order valence-electron chi connectivity index (χ2n) is 8.79. The van der Waals surface area contributed by atoms with Gasteiger partial charge in [0.2, 0.25) is 5.76 Å². The molecule has 1 aliphatic rings. The molecule has 0 fully saturated rings. The van der Waals surface area contributed by atoms with Crippen molar-refractivity contribution in [3.63, 3.8) is 0 Å². The molecule has 0 saturated carbocycles. The molecule has 0 aliphatic carbocycles. The summed E-state index contributed by atoms with van der Waals surface area (Å²) < 4.78 is 11.9. The van der Waals surface area contributed by atoms with Gasteiger partial charge in [0.1, 0.15) is 17.2 Å². The van der Waals surface area contributed by atoms with E-state index in [-0.39, 0.29) is 11.2 Å². The topological polar surface area (TPSA) is 72.6 Å². The van der Waals surface area contributed by atoms with Gasteiger partial charge in [-0.3, -0.25) is 14.5 Å². The van der Waals surface area contributed by atoms with Gasteiger partial charge in [-0.05, 0) is 73.4 Å². The molecule has 3 heterocycles. The van der Waals surface area contributed by atoms with Crippen LogP contribution >= 0.6 is 11.6 Å². The van der Waals surface area contributed by atoms with Crippen molar-refractivity contribution in [3.05, 3.63) is 98.0 Å². The van der Waals surface area contributed by atoms with E-state index in [1.165, 1.54) is 11.1 Å². The van der Waals surface area contributed by atoms with Gasteiger partial charge in [0.15, 0.2) is 5.43 Å². The minimum atomic E-state index is -0.696. The van der Waals surface area contributed by atoms with Crippen LogP contribution in [0.25, 0.3) is 11.0 Å². The summed E-state index contributed by atoms with van der Waals surface area (Å²) in [4.78, 5) is 33.3. The Balaban J connectivity index is 1.68. The monoisotopic (exact) mass is 488 g/mol. The van der Waals surface area contributed by atoms with Gasteiger partial charge in [-0.1, -0.05) is 37.1 Å². The minimum absolute atomic E-state index is 0.0378. The van der Waals surface area contributed by atoms with Gasteiger partial charge >= 0.3 is 0 Å². The van der Waals surface area contributed by atoms with E-state index in [1.807, 2.05) is 44.2 Å². The number of benzene rings is 2. The number of amides is 1. The highest BCUT2D eigenvalue weighted by Crippen LogP contribution is 2.41. The number of nitrogens with zero attached hydrogens (tertiary/aromatic N) is 2. The van der Waals surface area contributed by atoms with E-state index in [2.05, 4.69) is 11.9 Å². The van der Waals surface area contributed by atoms with Crippen LogP contribution < -0.4 is 15.1 Å². The largest absolute Gasteiger partial charge is 0.494 e. The van der Waals surface area contributed by atoms with E-state index < -0.39 is 11.9 Å². The summed E-state index contributed by atoms with van der Waals surface area (Å²) in [6.45, 7) is 6.64. The van der Waals surface area contributed by atoms with Crippen LogP contribution in [0.5, 0.6) is 5.75 Å². The van der Waals surface area contributed by atoms with Crippen LogP contribution in [0.15, 0.2) is 63.9 Å². The van der Waals surface area contributed by atoms with Gasteiger partial charge in [-0.25, -0.2) is 4.98 Å². The number of hydrogen-bond donors (Lipinski definition) is 0. The first-order valence-corrected chi connectivity index (χ1v) is 12.0. The van der Waals surface area contributed by atoms with Crippen LogP contribution in [0.4, 0.5) is 5.82 Å². The van der Waals surface area contributed by atoms with Crippen molar-refractivity contribution in [1.29, 1.82) is 0 Å². The Bertz CT molecular complexity index is 1480. The highest BCUT2D eigenvalue weighted by molar-refractivity contribution is 6.30. The summed E-state index contributed by atoms with van der Waals surface area (Å²) in [6, 6.07) is 13.7. The Morgan fingerprint density at radius 3 is 2.49 bits per heavy atom. The first kappa shape index (κ1) is 23.1. The first-order valence-electron chi connectivity index (χ1n) is 11.6. The van der Waals surface area contributed by atoms with E-state index in [0.29, 0.717) is 34.0 Å². The second kappa shape index (κ2) is 9.19. The molecule has 1 amide bonds. The highest BCUT2D eigenvalue weighted by atomic mass is 35.5. The van der Waals surface area contributed by atoms with Crippen molar-refractivity contribution < 1.29 is 13.9 Å². The van der Waals surface area contributed by atoms with Crippen LogP contribution in [0.1, 0.15) is 58.6 Å². The number of ether oxygens (including phenoxy) is 1. The third-order valence-electron chi connectivity index (χ3n) is 6.41. The van der Waals surface area contributed by atoms with Crippen LogP contribution in [-0.2, 0) is 0 Å².